The van der Waals surface area contributed by atoms with E-state index >= 15 is 0 Å². The third-order valence-corrected chi connectivity index (χ3v) is 7.97. The summed E-state index contributed by atoms with van der Waals surface area (Å²) in [6.07, 6.45) is 1.05. The van der Waals surface area contributed by atoms with Crippen molar-refractivity contribution in [2.24, 2.45) is 5.92 Å². The Balaban J connectivity index is 0.00000353. The summed E-state index contributed by atoms with van der Waals surface area (Å²) in [6.45, 7) is 0.483. The zero-order chi connectivity index (χ0) is 27.1. The van der Waals surface area contributed by atoms with Crippen molar-refractivity contribution in [3.05, 3.63) is 82.4 Å². The number of rotatable bonds is 7. The first-order valence-corrected chi connectivity index (χ1v) is 13.6. The Morgan fingerprint density at radius 3 is 2.62 bits per heavy atom. The number of halogens is 5. The van der Waals surface area contributed by atoms with E-state index in [2.05, 4.69) is 4.98 Å². The van der Waals surface area contributed by atoms with Crippen LogP contribution in [0.5, 0.6) is 11.5 Å². The van der Waals surface area contributed by atoms with Crippen molar-refractivity contribution in [3.8, 4) is 11.5 Å². The average molecular weight is 595 g/mol. The van der Waals surface area contributed by atoms with Crippen LogP contribution in [0.3, 0.4) is 0 Å². The second-order valence-electron chi connectivity index (χ2n) is 8.74. The Morgan fingerprint density at radius 1 is 1.08 bits per heavy atom. The van der Waals surface area contributed by atoms with E-state index in [0.717, 1.165) is 17.7 Å². The van der Waals surface area contributed by atoms with Crippen LogP contribution in [0.25, 0.3) is 10.2 Å². The van der Waals surface area contributed by atoms with E-state index in [1.165, 1.54) is 29.5 Å². The van der Waals surface area contributed by atoms with Crippen LogP contribution < -0.4 is 14.2 Å². The van der Waals surface area contributed by atoms with E-state index in [-0.39, 0.29) is 47.8 Å². The molecule has 2 heterocycles. The molecule has 0 aliphatic carbocycles. The molecular formula is C25H20F5N2NaO4S2. The molecule has 0 amide bonds. The van der Waals surface area contributed by atoms with Crippen molar-refractivity contribution in [2.75, 3.05) is 11.3 Å². The number of hydrogen-bond donors (Lipinski definition) is 1. The molecule has 6 nitrogen and oxygen atoms in total. The summed E-state index contributed by atoms with van der Waals surface area (Å²) in [5, 5.41) is 0.554. The molecule has 0 saturated carbocycles. The van der Waals surface area contributed by atoms with E-state index in [1.807, 2.05) is 6.07 Å². The van der Waals surface area contributed by atoms with E-state index in [1.54, 1.807) is 22.9 Å². The molecule has 1 unspecified atom stereocenters. The predicted octanol–water partition coefficient (Wildman–Crippen LogP) is 5.56. The van der Waals surface area contributed by atoms with Crippen LogP contribution in [0, 0.1) is 17.6 Å². The van der Waals surface area contributed by atoms with Crippen LogP contribution in [0.4, 0.5) is 27.6 Å². The first-order chi connectivity index (χ1) is 18.0. The van der Waals surface area contributed by atoms with Crippen molar-refractivity contribution < 1.29 is 39.8 Å². The predicted molar refractivity (Wildman–Crippen MR) is 139 cm³/mol. The van der Waals surface area contributed by atoms with Crippen molar-refractivity contribution in [3.63, 3.8) is 0 Å². The fourth-order valence-corrected chi connectivity index (χ4v) is 5.58. The minimum absolute atomic E-state index is 0. The van der Waals surface area contributed by atoms with Crippen LogP contribution in [0.1, 0.15) is 16.1 Å². The number of sulfonamides is 1. The Hall–Kier alpha value is -2.45. The minimum atomic E-state index is -5.51. The van der Waals surface area contributed by atoms with E-state index in [9.17, 15) is 30.4 Å². The zero-order valence-corrected chi connectivity index (χ0v) is 21.0. The normalized spacial score (nSPS) is 15.3. The van der Waals surface area contributed by atoms with Crippen LogP contribution in [-0.4, -0.2) is 55.1 Å². The molecule has 0 fully saturated rings. The number of aromatic nitrogens is 1. The number of fused-ring (bicyclic) bond motifs is 2. The number of anilines is 1. The number of hydrogen-bond acceptors (Lipinski definition) is 6. The molecular weight excluding hydrogens is 574 g/mol. The summed E-state index contributed by atoms with van der Waals surface area (Å²) < 4.78 is 102. The van der Waals surface area contributed by atoms with Gasteiger partial charge in [-0.25, -0.2) is 13.8 Å². The monoisotopic (exact) mass is 594 g/mol. The Labute approximate surface area is 246 Å². The number of thiazole rings is 1. The fourth-order valence-electron chi connectivity index (χ4n) is 4.14. The summed E-state index contributed by atoms with van der Waals surface area (Å²) in [5.74, 6) is -0.679. The number of nitrogens with zero attached hydrogens (tertiary/aromatic N) is 1. The molecule has 0 bridgehead atoms. The average Bonchev–Trinajstić information content (AvgIpc) is 3.23. The molecule has 1 aromatic heterocycles. The standard InChI is InChI=1S/C25H19F5N2O4S2.Na.H/c26-19-10-21-23(11-20(19)27)37-24(31-21)13-35-18-4-5-22-16(9-18)7-15(12-36-22)6-14-2-1-3-17(8-14)32-38(33,34)25(28,29)30;;/h1-5,8-11,15,32H,6-7,12-13H2;;. The summed E-state index contributed by atoms with van der Waals surface area (Å²) in [7, 11) is -5.51. The Kier molecular flexibility index (Phi) is 8.76. The van der Waals surface area contributed by atoms with Gasteiger partial charge in [0.05, 0.1) is 16.8 Å². The second kappa shape index (κ2) is 11.6. The van der Waals surface area contributed by atoms with Gasteiger partial charge >= 0.3 is 45.1 Å². The van der Waals surface area contributed by atoms with Crippen LogP contribution in [0.2, 0.25) is 0 Å². The number of alkyl halides is 3. The van der Waals surface area contributed by atoms with Crippen molar-refractivity contribution in [1.82, 2.24) is 4.98 Å². The van der Waals surface area contributed by atoms with Gasteiger partial charge in [0, 0.05) is 17.7 Å². The van der Waals surface area contributed by atoms with Crippen molar-refractivity contribution >= 4 is 66.8 Å². The molecule has 1 atom stereocenters. The SMILES string of the molecule is O=S(=O)(Nc1cccc(CC2COc3ccc(OCc4nc5cc(F)c(F)cc5s4)cc3C2)c1)C(F)(F)F.[NaH]. The quantitative estimate of drug-likeness (QED) is 0.224. The fraction of sp³-hybridized carbons (Fsp3) is 0.240. The summed E-state index contributed by atoms with van der Waals surface area (Å²) in [4.78, 5) is 4.28. The summed E-state index contributed by atoms with van der Waals surface area (Å²) in [6, 6.07) is 13.3. The molecule has 14 heteroatoms. The molecule has 1 N–H and O–H groups in total. The van der Waals surface area contributed by atoms with E-state index in [0.29, 0.717) is 51.7 Å². The maximum absolute atomic E-state index is 13.5. The van der Waals surface area contributed by atoms with Crippen molar-refractivity contribution in [1.29, 1.82) is 0 Å². The molecule has 1 aliphatic rings. The number of benzene rings is 3. The molecule has 4 aromatic rings. The molecule has 0 saturated heterocycles. The first kappa shape index (κ1) is 29.5. The number of nitrogens with one attached hydrogen (secondary N) is 1. The van der Waals surface area contributed by atoms with E-state index in [4.69, 9.17) is 9.47 Å². The second-order valence-corrected chi connectivity index (χ2v) is 11.5. The van der Waals surface area contributed by atoms with Gasteiger partial charge in [0.2, 0.25) is 0 Å². The molecule has 39 heavy (non-hydrogen) atoms. The van der Waals surface area contributed by atoms with Gasteiger partial charge in [0.25, 0.3) is 0 Å². The molecule has 0 spiro atoms. The van der Waals surface area contributed by atoms with Crippen LogP contribution in [-0.2, 0) is 29.5 Å². The summed E-state index contributed by atoms with van der Waals surface area (Å²) in [5.41, 5.74) is -3.70. The molecule has 1 aliphatic heterocycles. The van der Waals surface area contributed by atoms with Gasteiger partial charge in [0.15, 0.2) is 11.6 Å². The first-order valence-electron chi connectivity index (χ1n) is 11.3. The van der Waals surface area contributed by atoms with Gasteiger partial charge in [-0.15, -0.1) is 11.3 Å². The zero-order valence-electron chi connectivity index (χ0n) is 19.4. The van der Waals surface area contributed by atoms with Crippen LogP contribution in [0.15, 0.2) is 54.6 Å². The topological polar surface area (TPSA) is 77.5 Å². The number of ether oxygens (including phenoxy) is 2. The van der Waals surface area contributed by atoms with Gasteiger partial charge in [-0.05, 0) is 60.4 Å². The van der Waals surface area contributed by atoms with Gasteiger partial charge in [-0.2, -0.15) is 21.6 Å². The molecule has 202 valence electrons. The van der Waals surface area contributed by atoms with Gasteiger partial charge in [0.1, 0.15) is 23.1 Å². The van der Waals surface area contributed by atoms with Crippen LogP contribution >= 0.6 is 11.3 Å². The van der Waals surface area contributed by atoms with Gasteiger partial charge in [-0.3, -0.25) is 4.72 Å². The maximum atomic E-state index is 13.5. The Bertz CT molecular complexity index is 1570. The van der Waals surface area contributed by atoms with Crippen molar-refractivity contribution in [2.45, 2.75) is 25.0 Å². The van der Waals surface area contributed by atoms with Gasteiger partial charge < -0.3 is 9.47 Å². The third kappa shape index (κ3) is 6.83. The molecule has 3 aromatic carbocycles. The molecule has 0 radical (unpaired) electrons. The summed E-state index contributed by atoms with van der Waals surface area (Å²) >= 11 is 1.20. The van der Waals surface area contributed by atoms with E-state index < -0.39 is 27.2 Å². The van der Waals surface area contributed by atoms with Gasteiger partial charge in [-0.1, -0.05) is 12.1 Å². The Morgan fingerprint density at radius 2 is 1.85 bits per heavy atom. The molecule has 5 rings (SSSR count). The third-order valence-electron chi connectivity index (χ3n) is 5.86.